The SMILES string of the molecule is CC(C)(C)c1ccccc1N1CCC1. The second-order valence-corrected chi connectivity index (χ2v) is 5.11. The van der Waals surface area contributed by atoms with Gasteiger partial charge in [-0.25, -0.2) is 0 Å². The van der Waals surface area contributed by atoms with Crippen LogP contribution in [0.15, 0.2) is 24.3 Å². The number of hydrogen-bond donors (Lipinski definition) is 0. The summed E-state index contributed by atoms with van der Waals surface area (Å²) >= 11 is 0. The summed E-state index contributed by atoms with van der Waals surface area (Å²) in [6, 6.07) is 8.79. The fourth-order valence-corrected chi connectivity index (χ4v) is 1.94. The van der Waals surface area contributed by atoms with E-state index >= 15 is 0 Å². The Hall–Kier alpha value is -0.980. The van der Waals surface area contributed by atoms with Crippen molar-refractivity contribution in [1.29, 1.82) is 0 Å². The van der Waals surface area contributed by atoms with E-state index in [1.54, 1.807) is 0 Å². The lowest BCUT2D eigenvalue weighted by atomic mass is 9.85. The molecule has 1 heterocycles. The Bertz CT molecular complexity index is 318. The van der Waals surface area contributed by atoms with Crippen molar-refractivity contribution in [3.8, 4) is 0 Å². The zero-order valence-corrected chi connectivity index (χ0v) is 9.38. The molecule has 0 amide bonds. The standard InChI is InChI=1S/C13H19N/c1-13(2,3)11-7-4-5-8-12(11)14-9-6-10-14/h4-5,7-8H,6,9-10H2,1-3H3. The van der Waals surface area contributed by atoms with Gasteiger partial charge in [-0.05, 0) is 23.5 Å². The third-order valence-corrected chi connectivity index (χ3v) is 2.91. The number of anilines is 1. The van der Waals surface area contributed by atoms with Gasteiger partial charge in [0.1, 0.15) is 0 Å². The van der Waals surface area contributed by atoms with Gasteiger partial charge in [-0.1, -0.05) is 39.0 Å². The molecule has 1 saturated heterocycles. The van der Waals surface area contributed by atoms with Crippen molar-refractivity contribution in [3.63, 3.8) is 0 Å². The van der Waals surface area contributed by atoms with Crippen LogP contribution in [0.3, 0.4) is 0 Å². The highest BCUT2D eigenvalue weighted by atomic mass is 15.2. The molecule has 1 heteroatoms. The zero-order valence-electron chi connectivity index (χ0n) is 9.38. The van der Waals surface area contributed by atoms with Crippen LogP contribution < -0.4 is 4.90 Å². The van der Waals surface area contributed by atoms with Crippen LogP contribution in [-0.2, 0) is 5.41 Å². The Morgan fingerprint density at radius 1 is 1.07 bits per heavy atom. The van der Waals surface area contributed by atoms with E-state index in [4.69, 9.17) is 0 Å². The Labute approximate surface area is 86.7 Å². The van der Waals surface area contributed by atoms with Gasteiger partial charge in [0.05, 0.1) is 0 Å². The molecule has 0 spiro atoms. The second-order valence-electron chi connectivity index (χ2n) is 5.11. The number of nitrogens with zero attached hydrogens (tertiary/aromatic N) is 1. The van der Waals surface area contributed by atoms with E-state index in [2.05, 4.69) is 49.9 Å². The Balaban J connectivity index is 2.38. The minimum atomic E-state index is 0.256. The molecule has 0 aromatic heterocycles. The molecule has 0 aliphatic carbocycles. The maximum absolute atomic E-state index is 2.47. The molecule has 0 N–H and O–H groups in total. The van der Waals surface area contributed by atoms with Crippen molar-refractivity contribution in [1.82, 2.24) is 0 Å². The van der Waals surface area contributed by atoms with Crippen LogP contribution in [0.1, 0.15) is 32.8 Å². The Kier molecular flexibility index (Phi) is 2.26. The summed E-state index contributed by atoms with van der Waals surface area (Å²) in [7, 11) is 0. The fraction of sp³-hybridized carbons (Fsp3) is 0.538. The van der Waals surface area contributed by atoms with Crippen LogP contribution in [0, 0.1) is 0 Å². The van der Waals surface area contributed by atoms with Crippen LogP contribution in [0.2, 0.25) is 0 Å². The molecule has 14 heavy (non-hydrogen) atoms. The van der Waals surface area contributed by atoms with Gasteiger partial charge in [0.15, 0.2) is 0 Å². The molecule has 1 aromatic carbocycles. The topological polar surface area (TPSA) is 3.24 Å². The first kappa shape index (κ1) is 9.57. The van der Waals surface area contributed by atoms with Crippen molar-refractivity contribution >= 4 is 5.69 Å². The number of para-hydroxylation sites is 1. The minimum absolute atomic E-state index is 0.256. The quantitative estimate of drug-likeness (QED) is 0.655. The van der Waals surface area contributed by atoms with Gasteiger partial charge in [0, 0.05) is 18.8 Å². The molecule has 0 bridgehead atoms. The molecule has 1 aromatic rings. The zero-order chi connectivity index (χ0) is 10.2. The van der Waals surface area contributed by atoms with Gasteiger partial charge in [-0.3, -0.25) is 0 Å². The van der Waals surface area contributed by atoms with Gasteiger partial charge in [-0.15, -0.1) is 0 Å². The summed E-state index contributed by atoms with van der Waals surface area (Å²) in [5.41, 5.74) is 3.16. The molecule has 76 valence electrons. The molecule has 0 radical (unpaired) electrons. The van der Waals surface area contributed by atoms with Crippen molar-refractivity contribution < 1.29 is 0 Å². The average Bonchev–Trinajstić information content (AvgIpc) is 2.00. The number of rotatable bonds is 1. The Morgan fingerprint density at radius 3 is 2.21 bits per heavy atom. The van der Waals surface area contributed by atoms with Gasteiger partial charge >= 0.3 is 0 Å². The lowest BCUT2D eigenvalue weighted by Gasteiger charge is -2.37. The smallest absolute Gasteiger partial charge is 0.0404 e. The van der Waals surface area contributed by atoms with Gasteiger partial charge in [0.2, 0.25) is 0 Å². The van der Waals surface area contributed by atoms with Crippen LogP contribution in [0.5, 0.6) is 0 Å². The van der Waals surface area contributed by atoms with Crippen LogP contribution in [0.25, 0.3) is 0 Å². The van der Waals surface area contributed by atoms with Crippen molar-refractivity contribution in [2.75, 3.05) is 18.0 Å². The maximum atomic E-state index is 2.47. The number of hydrogen-bond acceptors (Lipinski definition) is 1. The van der Waals surface area contributed by atoms with E-state index in [0.717, 1.165) is 0 Å². The summed E-state index contributed by atoms with van der Waals surface area (Å²) < 4.78 is 0. The number of benzene rings is 1. The van der Waals surface area contributed by atoms with E-state index in [9.17, 15) is 0 Å². The summed E-state index contributed by atoms with van der Waals surface area (Å²) in [4.78, 5) is 2.47. The highest BCUT2D eigenvalue weighted by molar-refractivity contribution is 5.57. The van der Waals surface area contributed by atoms with Gasteiger partial charge < -0.3 is 4.90 Å². The minimum Gasteiger partial charge on any atom is -0.371 e. The fourth-order valence-electron chi connectivity index (χ4n) is 1.94. The molecule has 1 nitrogen and oxygen atoms in total. The van der Waals surface area contributed by atoms with Crippen LogP contribution in [0.4, 0.5) is 5.69 Å². The lowest BCUT2D eigenvalue weighted by molar-refractivity contribution is 0.567. The van der Waals surface area contributed by atoms with Crippen LogP contribution in [-0.4, -0.2) is 13.1 Å². The first-order chi connectivity index (χ1) is 6.59. The maximum Gasteiger partial charge on any atom is 0.0404 e. The third kappa shape index (κ3) is 1.63. The molecule has 0 unspecified atom stereocenters. The molecule has 1 aliphatic heterocycles. The predicted molar refractivity (Wildman–Crippen MR) is 62.0 cm³/mol. The summed E-state index contributed by atoms with van der Waals surface area (Å²) in [6.45, 7) is 9.31. The summed E-state index contributed by atoms with van der Waals surface area (Å²) in [5.74, 6) is 0. The van der Waals surface area contributed by atoms with Crippen LogP contribution >= 0.6 is 0 Å². The van der Waals surface area contributed by atoms with Crippen molar-refractivity contribution in [2.24, 2.45) is 0 Å². The molecular formula is C13H19N. The largest absolute Gasteiger partial charge is 0.371 e. The lowest BCUT2D eigenvalue weighted by Crippen LogP contribution is -2.38. The van der Waals surface area contributed by atoms with E-state index < -0.39 is 0 Å². The van der Waals surface area contributed by atoms with E-state index in [-0.39, 0.29) is 5.41 Å². The van der Waals surface area contributed by atoms with E-state index in [0.29, 0.717) is 0 Å². The van der Waals surface area contributed by atoms with Gasteiger partial charge in [0.25, 0.3) is 0 Å². The highest BCUT2D eigenvalue weighted by Gasteiger charge is 2.23. The molecule has 0 saturated carbocycles. The molecule has 1 aliphatic rings. The third-order valence-electron chi connectivity index (χ3n) is 2.91. The summed E-state index contributed by atoms with van der Waals surface area (Å²) in [5, 5.41) is 0. The van der Waals surface area contributed by atoms with E-state index in [1.165, 1.54) is 30.8 Å². The molecule has 1 fully saturated rings. The predicted octanol–water partition coefficient (Wildman–Crippen LogP) is 3.19. The van der Waals surface area contributed by atoms with Crippen molar-refractivity contribution in [2.45, 2.75) is 32.6 Å². The first-order valence-electron chi connectivity index (χ1n) is 5.43. The monoisotopic (exact) mass is 189 g/mol. The highest BCUT2D eigenvalue weighted by Crippen LogP contribution is 2.33. The molecule has 2 rings (SSSR count). The molecular weight excluding hydrogens is 170 g/mol. The van der Waals surface area contributed by atoms with Gasteiger partial charge in [-0.2, -0.15) is 0 Å². The van der Waals surface area contributed by atoms with Crippen molar-refractivity contribution in [3.05, 3.63) is 29.8 Å². The average molecular weight is 189 g/mol. The first-order valence-corrected chi connectivity index (χ1v) is 5.43. The van der Waals surface area contributed by atoms with E-state index in [1.807, 2.05) is 0 Å². The molecule has 0 atom stereocenters. The normalized spacial score (nSPS) is 16.6. The Morgan fingerprint density at radius 2 is 1.71 bits per heavy atom. The second kappa shape index (κ2) is 3.30. The summed E-state index contributed by atoms with van der Waals surface area (Å²) in [6.07, 6.45) is 1.35.